The highest BCUT2D eigenvalue weighted by Gasteiger charge is 2.17. The van der Waals surface area contributed by atoms with Crippen molar-refractivity contribution in [2.24, 2.45) is 5.73 Å². The summed E-state index contributed by atoms with van der Waals surface area (Å²) in [4.78, 5) is 21.2. The molecule has 0 saturated carbocycles. The lowest BCUT2D eigenvalue weighted by Gasteiger charge is -2.14. The van der Waals surface area contributed by atoms with Gasteiger partial charge in [-0.2, -0.15) is 0 Å². The van der Waals surface area contributed by atoms with E-state index < -0.39 is 18.0 Å². The molecule has 0 aliphatic rings. The Morgan fingerprint density at radius 2 is 1.89 bits per heavy atom. The lowest BCUT2D eigenvalue weighted by molar-refractivity contribution is -0.137. The molecule has 7 nitrogen and oxygen atoms in total. The van der Waals surface area contributed by atoms with Crippen molar-refractivity contribution in [3.8, 4) is 5.75 Å². The van der Waals surface area contributed by atoms with Gasteiger partial charge in [0.25, 0.3) is 0 Å². The molecule has 0 amide bonds. The quantitative estimate of drug-likeness (QED) is 0.380. The fourth-order valence-electron chi connectivity index (χ4n) is 1.54. The molecule has 0 unspecified atom stereocenters. The highest BCUT2D eigenvalue weighted by molar-refractivity contribution is 5.94. The number of carbonyl (C=O) groups is 2. The topological polar surface area (TPSA) is 147 Å². The minimum Gasteiger partial charge on any atom is -0.508 e. The van der Waals surface area contributed by atoms with Crippen molar-refractivity contribution in [1.82, 2.24) is 0 Å². The smallest absolute Gasteiger partial charge is 0.337 e. The minimum absolute atomic E-state index is 0.0268. The fourth-order valence-corrected chi connectivity index (χ4v) is 1.54. The average molecular weight is 254 g/mol. The largest absolute Gasteiger partial charge is 0.508 e. The number of hydrogen-bond donors (Lipinski definition) is 5. The van der Waals surface area contributed by atoms with Crippen molar-refractivity contribution >= 4 is 17.6 Å². The number of nitrogens with two attached hydrogens (primary N) is 2. The van der Waals surface area contributed by atoms with Crippen LogP contribution in [-0.4, -0.2) is 27.3 Å². The molecule has 1 aromatic rings. The second-order valence-electron chi connectivity index (χ2n) is 3.84. The monoisotopic (exact) mass is 254 g/mol. The van der Waals surface area contributed by atoms with E-state index in [4.69, 9.17) is 21.7 Å². The van der Waals surface area contributed by atoms with Gasteiger partial charge in [-0.3, -0.25) is 4.79 Å². The maximum Gasteiger partial charge on any atom is 0.337 e. The van der Waals surface area contributed by atoms with Gasteiger partial charge in [0.1, 0.15) is 5.75 Å². The summed E-state index contributed by atoms with van der Waals surface area (Å²) in [5.74, 6) is -2.56. The lowest BCUT2D eigenvalue weighted by atomic mass is 9.99. The molecule has 18 heavy (non-hydrogen) atoms. The first-order chi connectivity index (χ1) is 8.32. The minimum atomic E-state index is -1.26. The second kappa shape index (κ2) is 5.37. The Labute approximate surface area is 103 Å². The SMILES string of the molecule is Nc1cc([C@H](N)CCC(=O)O)c(O)cc1C(=O)O. The molecule has 98 valence electrons. The first-order valence-corrected chi connectivity index (χ1v) is 5.16. The number of rotatable bonds is 5. The number of anilines is 1. The number of carboxylic acid groups (broad SMARTS) is 2. The number of benzene rings is 1. The zero-order valence-corrected chi connectivity index (χ0v) is 9.46. The first kappa shape index (κ1) is 13.8. The normalized spacial score (nSPS) is 12.1. The molecule has 7 heteroatoms. The third-order valence-electron chi connectivity index (χ3n) is 2.50. The summed E-state index contributed by atoms with van der Waals surface area (Å²) in [5.41, 5.74) is 11.2. The number of hydrogen-bond acceptors (Lipinski definition) is 5. The molecule has 0 radical (unpaired) electrons. The van der Waals surface area contributed by atoms with Crippen molar-refractivity contribution in [3.63, 3.8) is 0 Å². The van der Waals surface area contributed by atoms with Crippen LogP contribution in [0.25, 0.3) is 0 Å². The number of aromatic carboxylic acids is 1. The van der Waals surface area contributed by atoms with E-state index in [0.717, 1.165) is 6.07 Å². The van der Waals surface area contributed by atoms with Crippen molar-refractivity contribution in [2.45, 2.75) is 18.9 Å². The summed E-state index contributed by atoms with van der Waals surface area (Å²) in [6, 6.07) is 1.55. The van der Waals surface area contributed by atoms with Gasteiger partial charge in [0.05, 0.1) is 5.56 Å². The molecule has 1 aromatic carbocycles. The van der Waals surface area contributed by atoms with Crippen LogP contribution in [0, 0.1) is 0 Å². The average Bonchev–Trinajstić information content (AvgIpc) is 2.28. The Morgan fingerprint density at radius 3 is 2.39 bits per heavy atom. The Kier molecular flexibility index (Phi) is 4.11. The lowest BCUT2D eigenvalue weighted by Crippen LogP contribution is -2.14. The molecule has 1 rings (SSSR count). The summed E-state index contributed by atoms with van der Waals surface area (Å²) in [6.45, 7) is 0. The summed E-state index contributed by atoms with van der Waals surface area (Å²) in [5, 5.41) is 27.0. The van der Waals surface area contributed by atoms with Crippen LogP contribution in [0.3, 0.4) is 0 Å². The van der Waals surface area contributed by atoms with Crippen molar-refractivity contribution < 1.29 is 24.9 Å². The van der Waals surface area contributed by atoms with Gasteiger partial charge in [0.2, 0.25) is 0 Å². The van der Waals surface area contributed by atoms with E-state index in [9.17, 15) is 14.7 Å². The van der Waals surface area contributed by atoms with E-state index in [0.29, 0.717) is 0 Å². The van der Waals surface area contributed by atoms with Crippen LogP contribution >= 0.6 is 0 Å². The Hall–Kier alpha value is -2.28. The number of phenols is 1. The van der Waals surface area contributed by atoms with Crippen LogP contribution in [-0.2, 0) is 4.79 Å². The standard InChI is InChI=1S/C11H14N2O5/c12-7(1-2-10(15)16)5-3-8(13)6(11(17)18)4-9(5)14/h3-4,7,14H,1-2,12-13H2,(H,15,16)(H,17,18)/t7-/m1/s1. The maximum atomic E-state index is 10.8. The second-order valence-corrected chi connectivity index (χ2v) is 3.84. The number of aromatic hydroxyl groups is 1. The predicted molar refractivity (Wildman–Crippen MR) is 63.3 cm³/mol. The van der Waals surface area contributed by atoms with Gasteiger partial charge in [-0.25, -0.2) is 4.79 Å². The third kappa shape index (κ3) is 3.11. The van der Waals surface area contributed by atoms with Crippen LogP contribution in [0.15, 0.2) is 12.1 Å². The van der Waals surface area contributed by atoms with E-state index in [1.807, 2.05) is 0 Å². The van der Waals surface area contributed by atoms with Crippen molar-refractivity contribution in [2.75, 3.05) is 5.73 Å². The van der Waals surface area contributed by atoms with Gasteiger partial charge in [-0.15, -0.1) is 0 Å². The summed E-state index contributed by atoms with van der Waals surface area (Å²) in [7, 11) is 0. The summed E-state index contributed by atoms with van der Waals surface area (Å²) < 4.78 is 0. The maximum absolute atomic E-state index is 10.8. The van der Waals surface area contributed by atoms with Gasteiger partial charge in [0, 0.05) is 23.7 Å². The number of carboxylic acids is 2. The highest BCUT2D eigenvalue weighted by Crippen LogP contribution is 2.30. The van der Waals surface area contributed by atoms with E-state index in [1.165, 1.54) is 6.07 Å². The zero-order valence-electron chi connectivity index (χ0n) is 9.46. The summed E-state index contributed by atoms with van der Waals surface area (Å²) in [6.07, 6.45) is -0.0318. The van der Waals surface area contributed by atoms with Crippen LogP contribution in [0.4, 0.5) is 5.69 Å². The van der Waals surface area contributed by atoms with E-state index in [2.05, 4.69) is 0 Å². The molecule has 0 heterocycles. The van der Waals surface area contributed by atoms with Gasteiger partial charge in [-0.1, -0.05) is 0 Å². The van der Waals surface area contributed by atoms with Gasteiger partial charge in [-0.05, 0) is 18.6 Å². The van der Waals surface area contributed by atoms with E-state index in [-0.39, 0.29) is 35.4 Å². The highest BCUT2D eigenvalue weighted by atomic mass is 16.4. The summed E-state index contributed by atoms with van der Waals surface area (Å²) >= 11 is 0. The van der Waals surface area contributed by atoms with Crippen molar-refractivity contribution in [1.29, 1.82) is 0 Å². The fraction of sp³-hybridized carbons (Fsp3) is 0.273. The molecule has 1 atom stereocenters. The predicted octanol–water partition coefficient (Wildman–Crippen LogP) is 0.537. The number of phenolic OH excluding ortho intramolecular Hbond substituents is 1. The molecule has 0 bridgehead atoms. The van der Waals surface area contributed by atoms with Crippen LogP contribution in [0.1, 0.15) is 34.8 Å². The zero-order chi connectivity index (χ0) is 13.9. The number of aliphatic carboxylic acids is 1. The number of nitrogen functional groups attached to an aromatic ring is 1. The Bertz CT molecular complexity index is 487. The van der Waals surface area contributed by atoms with Crippen molar-refractivity contribution in [3.05, 3.63) is 23.3 Å². The molecule has 0 aromatic heterocycles. The van der Waals surface area contributed by atoms with Gasteiger partial charge < -0.3 is 26.8 Å². The van der Waals surface area contributed by atoms with E-state index >= 15 is 0 Å². The molecular formula is C11H14N2O5. The molecular weight excluding hydrogens is 240 g/mol. The van der Waals surface area contributed by atoms with E-state index in [1.54, 1.807) is 0 Å². The first-order valence-electron chi connectivity index (χ1n) is 5.16. The molecule has 7 N–H and O–H groups in total. The molecule has 0 fully saturated rings. The van der Waals surface area contributed by atoms with Crippen LogP contribution in [0.5, 0.6) is 5.75 Å². The van der Waals surface area contributed by atoms with Gasteiger partial charge in [0.15, 0.2) is 0 Å². The van der Waals surface area contributed by atoms with Gasteiger partial charge >= 0.3 is 11.9 Å². The van der Waals surface area contributed by atoms with Crippen LogP contribution < -0.4 is 11.5 Å². The third-order valence-corrected chi connectivity index (χ3v) is 2.50. The Morgan fingerprint density at radius 1 is 1.28 bits per heavy atom. The van der Waals surface area contributed by atoms with Crippen LogP contribution in [0.2, 0.25) is 0 Å². The molecule has 0 aliphatic carbocycles. The Balaban J connectivity index is 3.00. The molecule has 0 spiro atoms. The molecule has 0 aliphatic heterocycles. The molecule has 0 saturated heterocycles.